The summed E-state index contributed by atoms with van der Waals surface area (Å²) >= 11 is 0. The molecule has 0 aliphatic rings. The van der Waals surface area contributed by atoms with Gasteiger partial charge in [0.2, 0.25) is 5.78 Å². The van der Waals surface area contributed by atoms with Crippen molar-refractivity contribution in [3.05, 3.63) is 47.1 Å². The fraction of sp³-hybridized carbons (Fsp3) is 0. The molecule has 6 nitrogen and oxygen atoms in total. The number of fused-ring (bicyclic) bond motifs is 4. The number of para-hydroxylation sites is 1. The van der Waals surface area contributed by atoms with Crippen molar-refractivity contribution in [1.82, 2.24) is 14.4 Å². The third kappa shape index (κ3) is 1.22. The van der Waals surface area contributed by atoms with Gasteiger partial charge in [-0.1, -0.05) is 12.1 Å². The fourth-order valence-corrected chi connectivity index (χ4v) is 2.26. The van der Waals surface area contributed by atoms with Crippen molar-refractivity contribution in [2.45, 2.75) is 0 Å². The first kappa shape index (κ1) is 10.1. The maximum Gasteiger partial charge on any atom is 0.349 e. The molecule has 0 amide bonds. The summed E-state index contributed by atoms with van der Waals surface area (Å²) in [5.41, 5.74) is 6.53. The van der Waals surface area contributed by atoms with Crippen molar-refractivity contribution in [2.24, 2.45) is 0 Å². The highest BCUT2D eigenvalue weighted by Gasteiger charge is 2.14. The van der Waals surface area contributed by atoms with Gasteiger partial charge in [-0.2, -0.15) is 0 Å². The average Bonchev–Trinajstić information content (AvgIpc) is 2.87. The maximum absolute atomic E-state index is 12.1. The van der Waals surface area contributed by atoms with Crippen LogP contribution < -0.4 is 11.4 Å². The third-order valence-electron chi connectivity index (χ3n) is 3.13. The lowest BCUT2D eigenvalue weighted by Crippen LogP contribution is -2.09. The Morgan fingerprint density at radius 2 is 2.11 bits per heavy atom. The first-order valence-corrected chi connectivity index (χ1v) is 5.70. The number of anilines is 1. The highest BCUT2D eigenvalue weighted by molar-refractivity contribution is 6.05. The van der Waals surface area contributed by atoms with Gasteiger partial charge in [0.15, 0.2) is 0 Å². The summed E-state index contributed by atoms with van der Waals surface area (Å²) in [6, 6.07) is 7.22. The lowest BCUT2D eigenvalue weighted by atomic mass is 10.2. The standard InChI is InChI=1S/C13H8N4O2/c14-11-9-10(16-13-15-5-6-17(11)13)7-3-1-2-4-8(7)19-12(9)18/h1-6H,14H2. The Morgan fingerprint density at radius 3 is 3.00 bits per heavy atom. The molecule has 0 saturated heterocycles. The minimum Gasteiger partial charge on any atom is -0.422 e. The third-order valence-corrected chi connectivity index (χ3v) is 3.13. The van der Waals surface area contributed by atoms with Crippen LogP contribution in [0.5, 0.6) is 0 Å². The summed E-state index contributed by atoms with van der Waals surface area (Å²) in [7, 11) is 0. The molecule has 3 aromatic heterocycles. The molecular weight excluding hydrogens is 244 g/mol. The van der Waals surface area contributed by atoms with E-state index in [0.717, 1.165) is 5.39 Å². The van der Waals surface area contributed by atoms with Gasteiger partial charge >= 0.3 is 5.63 Å². The summed E-state index contributed by atoms with van der Waals surface area (Å²) < 4.78 is 6.84. The van der Waals surface area contributed by atoms with Gasteiger partial charge in [-0.05, 0) is 12.1 Å². The van der Waals surface area contributed by atoms with Crippen LogP contribution in [0.1, 0.15) is 0 Å². The number of hydrogen-bond acceptors (Lipinski definition) is 5. The van der Waals surface area contributed by atoms with Gasteiger partial charge < -0.3 is 10.2 Å². The monoisotopic (exact) mass is 252 g/mol. The van der Waals surface area contributed by atoms with Gasteiger partial charge in [-0.15, -0.1) is 0 Å². The normalized spacial score (nSPS) is 11.6. The van der Waals surface area contributed by atoms with Crippen LogP contribution in [0.15, 0.2) is 45.9 Å². The van der Waals surface area contributed by atoms with E-state index in [2.05, 4.69) is 9.97 Å². The highest BCUT2D eigenvalue weighted by Crippen LogP contribution is 2.24. The fourth-order valence-electron chi connectivity index (χ4n) is 2.26. The molecule has 2 N–H and O–H groups in total. The molecule has 0 saturated carbocycles. The van der Waals surface area contributed by atoms with Crippen LogP contribution in [0.2, 0.25) is 0 Å². The number of hydrogen-bond donors (Lipinski definition) is 1. The van der Waals surface area contributed by atoms with E-state index in [1.165, 1.54) is 0 Å². The Morgan fingerprint density at radius 1 is 1.26 bits per heavy atom. The molecule has 0 atom stereocenters. The first-order chi connectivity index (χ1) is 9.25. The molecule has 3 heterocycles. The lowest BCUT2D eigenvalue weighted by Gasteiger charge is -2.05. The van der Waals surface area contributed by atoms with Gasteiger partial charge in [0.05, 0.1) is 5.52 Å². The summed E-state index contributed by atoms with van der Waals surface area (Å²) in [6.45, 7) is 0. The number of rotatable bonds is 0. The van der Waals surface area contributed by atoms with Crippen LogP contribution >= 0.6 is 0 Å². The maximum atomic E-state index is 12.1. The van der Waals surface area contributed by atoms with Crippen LogP contribution in [-0.4, -0.2) is 14.4 Å². The lowest BCUT2D eigenvalue weighted by molar-refractivity contribution is 0.569. The van der Waals surface area contributed by atoms with E-state index in [1.54, 1.807) is 28.9 Å². The predicted molar refractivity (Wildman–Crippen MR) is 70.9 cm³/mol. The Bertz CT molecular complexity index is 1000. The minimum absolute atomic E-state index is 0.282. The van der Waals surface area contributed by atoms with Gasteiger partial charge in [0, 0.05) is 17.8 Å². The number of nitrogens with two attached hydrogens (primary N) is 1. The molecule has 0 radical (unpaired) electrons. The smallest absolute Gasteiger partial charge is 0.349 e. The van der Waals surface area contributed by atoms with Crippen LogP contribution in [-0.2, 0) is 0 Å². The topological polar surface area (TPSA) is 86.4 Å². The van der Waals surface area contributed by atoms with Crippen molar-refractivity contribution in [2.75, 3.05) is 5.73 Å². The van der Waals surface area contributed by atoms with Gasteiger partial charge in [0.1, 0.15) is 16.8 Å². The molecule has 0 aliphatic heterocycles. The highest BCUT2D eigenvalue weighted by atomic mass is 16.4. The molecule has 0 aliphatic carbocycles. The van der Waals surface area contributed by atoms with Crippen molar-refractivity contribution >= 4 is 33.5 Å². The van der Waals surface area contributed by atoms with Gasteiger partial charge in [0.25, 0.3) is 0 Å². The molecule has 92 valence electrons. The van der Waals surface area contributed by atoms with E-state index in [-0.39, 0.29) is 11.2 Å². The van der Waals surface area contributed by atoms with E-state index in [1.807, 2.05) is 12.1 Å². The van der Waals surface area contributed by atoms with Gasteiger partial charge in [-0.25, -0.2) is 14.8 Å². The largest absolute Gasteiger partial charge is 0.422 e. The molecule has 0 unspecified atom stereocenters. The number of nitrogen functional groups attached to an aromatic ring is 1. The molecule has 6 heteroatoms. The molecule has 0 bridgehead atoms. The minimum atomic E-state index is -0.491. The Hall–Kier alpha value is -2.89. The second kappa shape index (κ2) is 3.32. The second-order valence-corrected chi connectivity index (χ2v) is 4.20. The molecule has 4 rings (SSSR count). The Kier molecular flexibility index (Phi) is 1.76. The van der Waals surface area contributed by atoms with E-state index in [0.29, 0.717) is 16.9 Å². The molecule has 19 heavy (non-hydrogen) atoms. The summed E-state index contributed by atoms with van der Waals surface area (Å²) in [6.07, 6.45) is 3.24. The zero-order chi connectivity index (χ0) is 13.0. The molecule has 4 aromatic rings. The number of imidazole rings is 1. The average molecular weight is 252 g/mol. The van der Waals surface area contributed by atoms with Crippen molar-refractivity contribution in [1.29, 1.82) is 0 Å². The SMILES string of the molecule is Nc1c2c(=O)oc3ccccc3c2nc2nccn12. The summed E-state index contributed by atoms with van der Waals surface area (Å²) in [5, 5.41) is 1.03. The van der Waals surface area contributed by atoms with Crippen LogP contribution in [0, 0.1) is 0 Å². The molecular formula is C13H8N4O2. The zero-order valence-electron chi connectivity index (χ0n) is 9.70. The number of aromatic nitrogens is 3. The van der Waals surface area contributed by atoms with Crippen LogP contribution in [0.3, 0.4) is 0 Å². The summed E-state index contributed by atoms with van der Waals surface area (Å²) in [5.74, 6) is 0.748. The van der Waals surface area contributed by atoms with E-state index < -0.39 is 5.63 Å². The molecule has 0 spiro atoms. The zero-order valence-corrected chi connectivity index (χ0v) is 9.70. The summed E-state index contributed by atoms with van der Waals surface area (Å²) in [4.78, 5) is 20.6. The Balaban J connectivity index is 2.42. The first-order valence-electron chi connectivity index (χ1n) is 5.70. The number of nitrogens with zero attached hydrogens (tertiary/aromatic N) is 3. The quantitative estimate of drug-likeness (QED) is 0.379. The van der Waals surface area contributed by atoms with Gasteiger partial charge in [-0.3, -0.25) is 4.40 Å². The van der Waals surface area contributed by atoms with Crippen molar-refractivity contribution in [3.63, 3.8) is 0 Å². The molecule has 0 fully saturated rings. The van der Waals surface area contributed by atoms with Crippen LogP contribution in [0.25, 0.3) is 27.6 Å². The molecule has 1 aromatic carbocycles. The van der Waals surface area contributed by atoms with E-state index in [4.69, 9.17) is 10.2 Å². The van der Waals surface area contributed by atoms with E-state index in [9.17, 15) is 4.79 Å². The van der Waals surface area contributed by atoms with Crippen molar-refractivity contribution in [3.8, 4) is 0 Å². The Labute approximate surface area is 106 Å². The second-order valence-electron chi connectivity index (χ2n) is 4.20. The van der Waals surface area contributed by atoms with Crippen LogP contribution in [0.4, 0.5) is 5.82 Å². The number of benzene rings is 1. The predicted octanol–water partition coefficient (Wildman–Crippen LogP) is 1.57. The van der Waals surface area contributed by atoms with Crippen molar-refractivity contribution < 1.29 is 4.42 Å². The van der Waals surface area contributed by atoms with E-state index >= 15 is 0 Å².